The van der Waals surface area contributed by atoms with E-state index in [1.54, 1.807) is 4.90 Å². The number of likely N-dealkylation sites (tertiary alicyclic amines) is 1. The fourth-order valence-corrected chi connectivity index (χ4v) is 2.96. The molecule has 0 aromatic heterocycles. The van der Waals surface area contributed by atoms with E-state index in [0.29, 0.717) is 19.6 Å². The first-order chi connectivity index (χ1) is 12.0. The van der Waals surface area contributed by atoms with E-state index in [-0.39, 0.29) is 17.6 Å². The lowest BCUT2D eigenvalue weighted by molar-refractivity contribution is 0.0126. The van der Waals surface area contributed by atoms with Crippen LogP contribution in [0.1, 0.15) is 65.5 Å². The molecule has 1 amide bonds. The van der Waals surface area contributed by atoms with Gasteiger partial charge >= 0.3 is 6.09 Å². The van der Waals surface area contributed by atoms with Gasteiger partial charge in [0.2, 0.25) is 0 Å². The smallest absolute Gasteiger partial charge is 0.410 e. The third-order valence-electron chi connectivity index (χ3n) is 4.54. The predicted molar refractivity (Wildman–Crippen MR) is 104 cm³/mol. The van der Waals surface area contributed by atoms with Crippen LogP contribution in [-0.4, -0.2) is 35.8 Å². The Balaban J connectivity index is 2.00. The number of ether oxygens (including phenoxy) is 2. The van der Waals surface area contributed by atoms with Crippen LogP contribution >= 0.6 is 0 Å². The number of carbonyl (C=O) groups is 1. The monoisotopic (exact) mass is 362 g/mol. The van der Waals surface area contributed by atoms with Crippen LogP contribution in [0, 0.1) is 0 Å². The second kappa shape index (κ2) is 7.87. The van der Waals surface area contributed by atoms with Crippen LogP contribution in [0.2, 0.25) is 0 Å². The van der Waals surface area contributed by atoms with Crippen LogP contribution in [-0.2, 0) is 16.7 Å². The van der Waals surface area contributed by atoms with Crippen molar-refractivity contribution in [3.8, 4) is 5.75 Å². The van der Waals surface area contributed by atoms with Gasteiger partial charge in [-0.15, -0.1) is 0 Å². The molecule has 5 nitrogen and oxygen atoms in total. The molecule has 0 radical (unpaired) electrons. The molecule has 2 N–H and O–H groups in total. The molecule has 2 rings (SSSR count). The number of hydrogen-bond acceptors (Lipinski definition) is 4. The van der Waals surface area contributed by atoms with Gasteiger partial charge in [-0.05, 0) is 37.8 Å². The average Bonchev–Trinajstić information content (AvgIpc) is 2.53. The Morgan fingerprint density at radius 1 is 1.15 bits per heavy atom. The second-order valence-electron chi connectivity index (χ2n) is 9.06. The SMILES string of the molecule is CC(C)(C)OC(=O)N1CCC(Oc2cc(C(C)(C)C)ccc2CN)CC1. The van der Waals surface area contributed by atoms with E-state index in [4.69, 9.17) is 15.2 Å². The first kappa shape index (κ1) is 20.6. The number of benzene rings is 1. The van der Waals surface area contributed by atoms with Gasteiger partial charge in [0.1, 0.15) is 17.5 Å². The van der Waals surface area contributed by atoms with E-state index in [0.717, 1.165) is 24.2 Å². The van der Waals surface area contributed by atoms with E-state index in [9.17, 15) is 4.79 Å². The summed E-state index contributed by atoms with van der Waals surface area (Å²) < 4.78 is 11.7. The Labute approximate surface area is 157 Å². The van der Waals surface area contributed by atoms with E-state index < -0.39 is 5.60 Å². The number of rotatable bonds is 3. The highest BCUT2D eigenvalue weighted by molar-refractivity contribution is 5.68. The van der Waals surface area contributed by atoms with Crippen molar-refractivity contribution >= 4 is 6.09 Å². The second-order valence-corrected chi connectivity index (χ2v) is 9.06. The van der Waals surface area contributed by atoms with Gasteiger partial charge in [-0.3, -0.25) is 0 Å². The maximum atomic E-state index is 12.2. The van der Waals surface area contributed by atoms with E-state index in [1.165, 1.54) is 5.56 Å². The van der Waals surface area contributed by atoms with Gasteiger partial charge < -0.3 is 20.1 Å². The minimum atomic E-state index is -0.464. The van der Waals surface area contributed by atoms with Crippen molar-refractivity contribution in [2.75, 3.05) is 13.1 Å². The summed E-state index contributed by atoms with van der Waals surface area (Å²) in [5.74, 6) is 0.871. The molecule has 1 fully saturated rings. The topological polar surface area (TPSA) is 64.8 Å². The van der Waals surface area contributed by atoms with Gasteiger partial charge in [-0.1, -0.05) is 32.9 Å². The predicted octanol–water partition coefficient (Wildman–Crippen LogP) is 4.22. The molecule has 0 bridgehead atoms. The molecule has 26 heavy (non-hydrogen) atoms. The average molecular weight is 363 g/mol. The van der Waals surface area contributed by atoms with E-state index in [2.05, 4.69) is 39.0 Å². The molecule has 1 aromatic rings. The first-order valence-electron chi connectivity index (χ1n) is 9.47. The minimum Gasteiger partial charge on any atom is -0.490 e. The Morgan fingerprint density at radius 3 is 2.27 bits per heavy atom. The molecule has 1 aromatic carbocycles. The van der Waals surface area contributed by atoms with Crippen molar-refractivity contribution in [3.63, 3.8) is 0 Å². The Bertz CT molecular complexity index is 621. The minimum absolute atomic E-state index is 0.0608. The number of nitrogens with two attached hydrogens (primary N) is 1. The molecular formula is C21H34N2O3. The van der Waals surface area contributed by atoms with Gasteiger partial charge in [0, 0.05) is 38.0 Å². The summed E-state index contributed by atoms with van der Waals surface area (Å²) >= 11 is 0. The fourth-order valence-electron chi connectivity index (χ4n) is 2.96. The van der Waals surface area contributed by atoms with Gasteiger partial charge in [0.05, 0.1) is 0 Å². The van der Waals surface area contributed by atoms with Gasteiger partial charge in [-0.2, -0.15) is 0 Å². The van der Waals surface area contributed by atoms with Crippen LogP contribution in [0.15, 0.2) is 18.2 Å². The number of nitrogens with zero attached hydrogens (tertiary/aromatic N) is 1. The number of carbonyl (C=O) groups excluding carboxylic acids is 1. The van der Waals surface area contributed by atoms with E-state index in [1.807, 2.05) is 20.8 Å². The Hall–Kier alpha value is -1.75. The molecule has 1 aliphatic heterocycles. The van der Waals surface area contributed by atoms with Crippen molar-refractivity contribution in [3.05, 3.63) is 29.3 Å². The molecule has 5 heteroatoms. The van der Waals surface area contributed by atoms with Gasteiger partial charge in [-0.25, -0.2) is 4.79 Å². The Morgan fingerprint density at radius 2 is 1.77 bits per heavy atom. The van der Waals surface area contributed by atoms with Crippen LogP contribution in [0.25, 0.3) is 0 Å². The van der Waals surface area contributed by atoms with Crippen LogP contribution in [0.3, 0.4) is 0 Å². The zero-order chi connectivity index (χ0) is 19.5. The maximum absolute atomic E-state index is 12.2. The standard InChI is InChI=1S/C21H34N2O3/c1-20(2,3)16-8-7-15(14-22)18(13-16)25-17-9-11-23(12-10-17)19(24)26-21(4,5)6/h7-8,13,17H,9-12,14,22H2,1-6H3. The summed E-state index contributed by atoms with van der Waals surface area (Å²) in [5.41, 5.74) is 7.74. The van der Waals surface area contributed by atoms with Gasteiger partial charge in [0.15, 0.2) is 0 Å². The molecular weight excluding hydrogens is 328 g/mol. The molecule has 0 atom stereocenters. The zero-order valence-corrected chi connectivity index (χ0v) is 17.1. The number of amides is 1. The molecule has 0 aliphatic carbocycles. The van der Waals surface area contributed by atoms with E-state index >= 15 is 0 Å². The summed E-state index contributed by atoms with van der Waals surface area (Å²) in [6.07, 6.45) is 1.44. The van der Waals surface area contributed by atoms with Crippen molar-refractivity contribution in [2.24, 2.45) is 5.73 Å². The quantitative estimate of drug-likeness (QED) is 0.874. The van der Waals surface area contributed by atoms with Crippen molar-refractivity contribution in [1.82, 2.24) is 4.90 Å². The lowest BCUT2D eigenvalue weighted by Crippen LogP contribution is -2.44. The third kappa shape index (κ3) is 5.63. The summed E-state index contributed by atoms with van der Waals surface area (Å²) in [6.45, 7) is 14.0. The lowest BCUT2D eigenvalue weighted by atomic mass is 9.86. The highest BCUT2D eigenvalue weighted by Gasteiger charge is 2.28. The summed E-state index contributed by atoms with van der Waals surface area (Å²) in [7, 11) is 0. The van der Waals surface area contributed by atoms with Crippen molar-refractivity contribution < 1.29 is 14.3 Å². The highest BCUT2D eigenvalue weighted by Crippen LogP contribution is 2.30. The van der Waals surface area contributed by atoms with Crippen LogP contribution < -0.4 is 10.5 Å². The highest BCUT2D eigenvalue weighted by atomic mass is 16.6. The summed E-state index contributed by atoms with van der Waals surface area (Å²) in [5, 5.41) is 0. The number of hydrogen-bond donors (Lipinski definition) is 1. The third-order valence-corrected chi connectivity index (χ3v) is 4.54. The van der Waals surface area contributed by atoms with Crippen LogP contribution in [0.5, 0.6) is 5.75 Å². The summed E-state index contributed by atoms with van der Waals surface area (Å²) in [4.78, 5) is 13.9. The lowest BCUT2D eigenvalue weighted by Gasteiger charge is -2.34. The molecule has 0 unspecified atom stereocenters. The molecule has 1 aliphatic rings. The molecule has 146 valence electrons. The largest absolute Gasteiger partial charge is 0.490 e. The molecule has 1 saturated heterocycles. The summed E-state index contributed by atoms with van der Waals surface area (Å²) in [6, 6.07) is 6.30. The number of piperidine rings is 1. The Kier molecular flexibility index (Phi) is 6.22. The van der Waals surface area contributed by atoms with Crippen molar-refractivity contribution in [2.45, 2.75) is 78.0 Å². The van der Waals surface area contributed by atoms with Crippen molar-refractivity contribution in [1.29, 1.82) is 0 Å². The first-order valence-corrected chi connectivity index (χ1v) is 9.47. The maximum Gasteiger partial charge on any atom is 0.410 e. The normalized spacial score (nSPS) is 16.5. The van der Waals surface area contributed by atoms with Gasteiger partial charge in [0.25, 0.3) is 0 Å². The molecule has 0 saturated carbocycles. The van der Waals surface area contributed by atoms with Crippen LogP contribution in [0.4, 0.5) is 4.79 Å². The molecule has 0 spiro atoms. The fraction of sp³-hybridized carbons (Fsp3) is 0.667. The zero-order valence-electron chi connectivity index (χ0n) is 17.1. The molecule has 1 heterocycles.